The topological polar surface area (TPSA) is 115 Å². The second kappa shape index (κ2) is 10.3. The average Bonchev–Trinajstić information content (AvgIpc) is 3.57. The standard InChI is InChI=1S/C30H26FN5O4/c1-18-14-21(40-27-5-3-2-4-23(27)31)7-9-26(18)36-29(32)22(17-33-36)28(37)25-16-20-15-19(6-8-24(20)34-25)30(38)35-10-12-39-13-11-35/h2-9,14-17,34H,10-13,32H2,1H3. The third kappa shape index (κ3) is 4.69. The first-order valence-electron chi connectivity index (χ1n) is 12.8. The molecule has 40 heavy (non-hydrogen) atoms. The number of nitrogen functional groups attached to an aromatic ring is 1. The molecule has 0 saturated carbocycles. The number of ether oxygens (including phenoxy) is 2. The number of nitrogens with two attached hydrogens (primary N) is 1. The van der Waals surface area contributed by atoms with Crippen LogP contribution in [-0.4, -0.2) is 57.7 Å². The summed E-state index contributed by atoms with van der Waals surface area (Å²) >= 11 is 0. The van der Waals surface area contributed by atoms with E-state index in [0.29, 0.717) is 49.0 Å². The Hall–Kier alpha value is -4.96. The second-order valence-electron chi connectivity index (χ2n) is 9.55. The summed E-state index contributed by atoms with van der Waals surface area (Å²) in [6, 6.07) is 18.4. The number of hydrogen-bond donors (Lipinski definition) is 2. The number of aromatic amines is 1. The number of carbonyl (C=O) groups is 2. The second-order valence-corrected chi connectivity index (χ2v) is 9.55. The van der Waals surface area contributed by atoms with Crippen LogP contribution in [-0.2, 0) is 4.74 Å². The van der Waals surface area contributed by atoms with Gasteiger partial charge in [0.05, 0.1) is 36.4 Å². The maximum absolute atomic E-state index is 14.0. The zero-order chi connectivity index (χ0) is 27.8. The molecular weight excluding hydrogens is 513 g/mol. The van der Waals surface area contributed by atoms with E-state index in [-0.39, 0.29) is 28.8 Å². The Kier molecular flexibility index (Phi) is 6.53. The summed E-state index contributed by atoms with van der Waals surface area (Å²) in [7, 11) is 0. The van der Waals surface area contributed by atoms with Crippen molar-refractivity contribution in [2.45, 2.75) is 6.92 Å². The highest BCUT2D eigenvalue weighted by atomic mass is 19.1. The molecule has 5 aromatic rings. The number of carbonyl (C=O) groups excluding carboxylic acids is 2. The van der Waals surface area contributed by atoms with E-state index in [1.807, 2.05) is 6.92 Å². The average molecular weight is 540 g/mol. The molecule has 1 fully saturated rings. The first-order chi connectivity index (χ1) is 19.4. The summed E-state index contributed by atoms with van der Waals surface area (Å²) in [6.45, 7) is 4.00. The normalized spacial score (nSPS) is 13.5. The number of hydrogen-bond acceptors (Lipinski definition) is 6. The molecule has 0 radical (unpaired) electrons. The van der Waals surface area contributed by atoms with Gasteiger partial charge in [-0.1, -0.05) is 12.1 Å². The molecule has 9 nitrogen and oxygen atoms in total. The number of rotatable bonds is 6. The number of morpholine rings is 1. The molecule has 3 aromatic carbocycles. The van der Waals surface area contributed by atoms with Gasteiger partial charge in [0.25, 0.3) is 5.91 Å². The minimum absolute atomic E-state index is 0.0644. The van der Waals surface area contributed by atoms with Crippen LogP contribution in [0.15, 0.2) is 72.9 Å². The number of aryl methyl sites for hydroxylation is 1. The molecule has 202 valence electrons. The lowest BCUT2D eigenvalue weighted by atomic mass is 10.1. The Bertz CT molecular complexity index is 1750. The summed E-state index contributed by atoms with van der Waals surface area (Å²) in [4.78, 5) is 31.2. The number of aromatic nitrogens is 3. The SMILES string of the molecule is Cc1cc(Oc2ccccc2F)ccc1-n1ncc(C(=O)c2cc3cc(C(=O)N4CCOCC4)ccc3[nH]2)c1N. The smallest absolute Gasteiger partial charge is 0.254 e. The number of fused-ring (bicyclic) bond motifs is 1. The van der Waals surface area contributed by atoms with Crippen LogP contribution >= 0.6 is 0 Å². The van der Waals surface area contributed by atoms with E-state index < -0.39 is 5.82 Å². The number of nitrogens with one attached hydrogen (secondary N) is 1. The fraction of sp³-hybridized carbons (Fsp3) is 0.167. The monoisotopic (exact) mass is 539 g/mol. The van der Waals surface area contributed by atoms with E-state index in [1.165, 1.54) is 16.9 Å². The van der Waals surface area contributed by atoms with Gasteiger partial charge >= 0.3 is 0 Å². The number of benzene rings is 3. The van der Waals surface area contributed by atoms with Gasteiger partial charge in [-0.05, 0) is 67.1 Å². The van der Waals surface area contributed by atoms with Crippen molar-refractivity contribution in [1.29, 1.82) is 0 Å². The van der Waals surface area contributed by atoms with Gasteiger partial charge in [-0.25, -0.2) is 9.07 Å². The Labute approximate surface area is 228 Å². The fourth-order valence-corrected chi connectivity index (χ4v) is 4.79. The van der Waals surface area contributed by atoms with Crippen LogP contribution in [0.4, 0.5) is 10.2 Å². The minimum atomic E-state index is -0.458. The van der Waals surface area contributed by atoms with Crippen LogP contribution in [0.3, 0.4) is 0 Å². The first kappa shape index (κ1) is 25.3. The fourth-order valence-electron chi connectivity index (χ4n) is 4.79. The van der Waals surface area contributed by atoms with Crippen LogP contribution in [0.2, 0.25) is 0 Å². The molecule has 0 spiro atoms. The van der Waals surface area contributed by atoms with Crippen LogP contribution in [0.5, 0.6) is 11.5 Å². The number of anilines is 1. The van der Waals surface area contributed by atoms with Crippen molar-refractivity contribution in [2.75, 3.05) is 32.0 Å². The Morgan fingerprint density at radius 1 is 1.05 bits per heavy atom. The number of halogens is 1. The predicted octanol–water partition coefficient (Wildman–Crippen LogP) is 4.88. The van der Waals surface area contributed by atoms with E-state index in [1.54, 1.807) is 65.6 Å². The van der Waals surface area contributed by atoms with Crippen molar-refractivity contribution >= 4 is 28.4 Å². The van der Waals surface area contributed by atoms with Crippen molar-refractivity contribution in [3.8, 4) is 17.2 Å². The first-order valence-corrected chi connectivity index (χ1v) is 12.8. The lowest BCUT2D eigenvalue weighted by Crippen LogP contribution is -2.40. The Morgan fingerprint density at radius 3 is 2.62 bits per heavy atom. The highest BCUT2D eigenvalue weighted by Crippen LogP contribution is 2.29. The van der Waals surface area contributed by atoms with Crippen molar-refractivity contribution in [3.05, 3.63) is 101 Å². The molecule has 6 rings (SSSR count). The molecule has 3 N–H and O–H groups in total. The minimum Gasteiger partial charge on any atom is -0.454 e. The van der Waals surface area contributed by atoms with Crippen molar-refractivity contribution in [3.63, 3.8) is 0 Å². The van der Waals surface area contributed by atoms with E-state index >= 15 is 0 Å². The predicted molar refractivity (Wildman–Crippen MR) is 148 cm³/mol. The van der Waals surface area contributed by atoms with Crippen LogP contribution in [0.25, 0.3) is 16.6 Å². The maximum Gasteiger partial charge on any atom is 0.254 e. The molecule has 1 amide bonds. The Balaban J connectivity index is 1.24. The van der Waals surface area contributed by atoms with Gasteiger partial charge in [0.15, 0.2) is 11.6 Å². The molecule has 1 aliphatic heterocycles. The van der Waals surface area contributed by atoms with Crippen molar-refractivity contribution in [1.82, 2.24) is 19.7 Å². The molecule has 3 heterocycles. The summed E-state index contributed by atoms with van der Waals surface area (Å²) in [5.41, 5.74) is 9.67. The third-order valence-electron chi connectivity index (χ3n) is 6.92. The lowest BCUT2D eigenvalue weighted by molar-refractivity contribution is 0.0303. The van der Waals surface area contributed by atoms with E-state index in [0.717, 1.165) is 16.5 Å². The lowest BCUT2D eigenvalue weighted by Gasteiger charge is -2.26. The van der Waals surface area contributed by atoms with Gasteiger partial charge in [0.2, 0.25) is 5.78 Å². The summed E-state index contributed by atoms with van der Waals surface area (Å²) < 4.78 is 26.5. The summed E-state index contributed by atoms with van der Waals surface area (Å²) in [5, 5.41) is 5.11. The van der Waals surface area contributed by atoms with E-state index in [9.17, 15) is 14.0 Å². The van der Waals surface area contributed by atoms with Gasteiger partial charge in [0.1, 0.15) is 11.6 Å². The van der Waals surface area contributed by atoms with E-state index in [2.05, 4.69) is 10.1 Å². The number of nitrogens with zero attached hydrogens (tertiary/aromatic N) is 3. The van der Waals surface area contributed by atoms with Gasteiger partial charge in [-0.3, -0.25) is 9.59 Å². The number of amides is 1. The number of ketones is 1. The molecule has 1 saturated heterocycles. The molecule has 2 aromatic heterocycles. The van der Waals surface area contributed by atoms with Gasteiger partial charge in [-0.2, -0.15) is 5.10 Å². The van der Waals surface area contributed by atoms with Crippen molar-refractivity contribution < 1.29 is 23.5 Å². The number of para-hydroxylation sites is 1. The zero-order valence-corrected chi connectivity index (χ0v) is 21.7. The van der Waals surface area contributed by atoms with Crippen LogP contribution in [0, 0.1) is 12.7 Å². The third-order valence-corrected chi connectivity index (χ3v) is 6.92. The zero-order valence-electron chi connectivity index (χ0n) is 21.7. The van der Waals surface area contributed by atoms with Gasteiger partial charge < -0.3 is 25.1 Å². The highest BCUT2D eigenvalue weighted by Gasteiger charge is 2.22. The van der Waals surface area contributed by atoms with Crippen LogP contribution < -0.4 is 10.5 Å². The number of H-pyrrole nitrogens is 1. The summed E-state index contributed by atoms with van der Waals surface area (Å²) in [6.07, 6.45) is 1.43. The quantitative estimate of drug-likeness (QED) is 0.297. The molecule has 10 heteroatoms. The maximum atomic E-state index is 14.0. The van der Waals surface area contributed by atoms with Gasteiger partial charge in [-0.15, -0.1) is 0 Å². The highest BCUT2D eigenvalue weighted by molar-refractivity contribution is 6.13. The molecule has 1 aliphatic rings. The molecule has 0 unspecified atom stereocenters. The molecule has 0 aliphatic carbocycles. The Morgan fingerprint density at radius 2 is 1.85 bits per heavy atom. The largest absolute Gasteiger partial charge is 0.454 e. The van der Waals surface area contributed by atoms with Crippen molar-refractivity contribution in [2.24, 2.45) is 0 Å². The van der Waals surface area contributed by atoms with E-state index in [4.69, 9.17) is 15.2 Å². The molecular formula is C30H26FN5O4. The van der Waals surface area contributed by atoms with Gasteiger partial charge in [0, 0.05) is 29.6 Å². The molecule has 0 bridgehead atoms. The summed E-state index contributed by atoms with van der Waals surface area (Å²) in [5.74, 6) is -0.0862. The molecule has 0 atom stereocenters. The van der Waals surface area contributed by atoms with Crippen LogP contribution in [0.1, 0.15) is 32.0 Å².